The summed E-state index contributed by atoms with van der Waals surface area (Å²) >= 11 is 0. The zero-order chi connectivity index (χ0) is 9.31. The Kier molecular flexibility index (Phi) is 2.02. The Morgan fingerprint density at radius 1 is 1.62 bits per heavy atom. The Morgan fingerprint density at radius 3 is 2.85 bits per heavy atom. The lowest BCUT2D eigenvalue weighted by Crippen LogP contribution is -2.21. The van der Waals surface area contributed by atoms with E-state index in [-0.39, 0.29) is 5.69 Å². The molecule has 3 heteroatoms. The van der Waals surface area contributed by atoms with E-state index in [1.54, 1.807) is 10.8 Å². The van der Waals surface area contributed by atoms with Gasteiger partial charge in [0.2, 0.25) is 0 Å². The van der Waals surface area contributed by atoms with E-state index in [9.17, 15) is 4.79 Å². The molecule has 0 spiro atoms. The van der Waals surface area contributed by atoms with E-state index in [0.717, 1.165) is 6.54 Å². The normalized spacial score (nSPS) is 18.8. The lowest BCUT2D eigenvalue weighted by Gasteiger charge is -2.13. The van der Waals surface area contributed by atoms with Gasteiger partial charge >= 0.3 is 5.69 Å². The highest BCUT2D eigenvalue weighted by Crippen LogP contribution is 2.50. The second-order valence-electron chi connectivity index (χ2n) is 4.14. The van der Waals surface area contributed by atoms with Crippen molar-refractivity contribution in [2.24, 2.45) is 5.41 Å². The van der Waals surface area contributed by atoms with Crippen LogP contribution in [-0.2, 0) is 6.54 Å². The van der Waals surface area contributed by atoms with Gasteiger partial charge in [-0.05, 0) is 24.7 Å². The van der Waals surface area contributed by atoms with E-state index >= 15 is 0 Å². The molecule has 1 aliphatic rings. The average Bonchev–Trinajstić information content (AvgIpc) is 2.73. The quantitative estimate of drug-likeness (QED) is 0.753. The van der Waals surface area contributed by atoms with Gasteiger partial charge in [-0.1, -0.05) is 13.3 Å². The predicted molar refractivity (Wildman–Crippen MR) is 51.6 cm³/mol. The summed E-state index contributed by atoms with van der Waals surface area (Å²) in [6, 6.07) is 0. The fourth-order valence-electron chi connectivity index (χ4n) is 2.03. The second-order valence-corrected chi connectivity index (χ2v) is 4.14. The number of H-pyrrole nitrogens is 1. The number of hydrogen-bond acceptors (Lipinski definition) is 1. The summed E-state index contributed by atoms with van der Waals surface area (Å²) in [6.07, 6.45) is 8.61. The summed E-state index contributed by atoms with van der Waals surface area (Å²) in [4.78, 5) is 13.9. The summed E-state index contributed by atoms with van der Waals surface area (Å²) in [6.45, 7) is 3.11. The average molecular weight is 180 g/mol. The van der Waals surface area contributed by atoms with E-state index in [0.29, 0.717) is 5.41 Å². The van der Waals surface area contributed by atoms with Gasteiger partial charge in [-0.25, -0.2) is 4.79 Å². The van der Waals surface area contributed by atoms with Crippen molar-refractivity contribution in [1.29, 1.82) is 0 Å². The van der Waals surface area contributed by atoms with E-state index in [2.05, 4.69) is 11.9 Å². The number of hydrogen-bond donors (Lipinski definition) is 1. The van der Waals surface area contributed by atoms with Crippen molar-refractivity contribution in [1.82, 2.24) is 9.55 Å². The third-order valence-electron chi connectivity index (χ3n) is 2.97. The van der Waals surface area contributed by atoms with Crippen molar-refractivity contribution in [3.63, 3.8) is 0 Å². The van der Waals surface area contributed by atoms with Crippen LogP contribution in [0.4, 0.5) is 0 Å². The molecule has 3 nitrogen and oxygen atoms in total. The van der Waals surface area contributed by atoms with Crippen LogP contribution in [-0.4, -0.2) is 9.55 Å². The molecule has 0 unspecified atom stereocenters. The first-order chi connectivity index (χ1) is 6.26. The van der Waals surface area contributed by atoms with E-state index in [1.807, 2.05) is 6.20 Å². The van der Waals surface area contributed by atoms with Crippen LogP contribution in [0, 0.1) is 5.41 Å². The molecule has 1 saturated carbocycles. The van der Waals surface area contributed by atoms with Gasteiger partial charge in [0.15, 0.2) is 0 Å². The van der Waals surface area contributed by atoms with Crippen molar-refractivity contribution >= 4 is 0 Å². The van der Waals surface area contributed by atoms with Crippen molar-refractivity contribution in [3.8, 4) is 0 Å². The molecule has 2 rings (SSSR count). The van der Waals surface area contributed by atoms with Gasteiger partial charge in [-0.2, -0.15) is 0 Å². The van der Waals surface area contributed by atoms with Crippen LogP contribution in [0.15, 0.2) is 17.2 Å². The fraction of sp³-hybridized carbons (Fsp3) is 0.700. The van der Waals surface area contributed by atoms with E-state index < -0.39 is 0 Å². The van der Waals surface area contributed by atoms with Crippen LogP contribution in [0.5, 0.6) is 0 Å². The van der Waals surface area contributed by atoms with Crippen LogP contribution >= 0.6 is 0 Å². The van der Waals surface area contributed by atoms with Crippen LogP contribution < -0.4 is 5.69 Å². The van der Waals surface area contributed by atoms with Gasteiger partial charge in [0.05, 0.1) is 0 Å². The standard InChI is InChI=1S/C10H16N2O/c1-2-3-10(4-5-10)8-12-7-6-11-9(12)13/h6-7H,2-5,8H2,1H3,(H,11,13). The molecule has 1 aromatic heterocycles. The largest absolute Gasteiger partial charge is 0.325 e. The Morgan fingerprint density at radius 2 is 2.38 bits per heavy atom. The van der Waals surface area contributed by atoms with Gasteiger partial charge in [0.1, 0.15) is 0 Å². The van der Waals surface area contributed by atoms with Gasteiger partial charge in [0.25, 0.3) is 0 Å². The lowest BCUT2D eigenvalue weighted by molar-refractivity contribution is 0.383. The first kappa shape index (κ1) is 8.60. The minimum absolute atomic E-state index is 0.0300. The molecule has 0 radical (unpaired) electrons. The number of imidazole rings is 1. The van der Waals surface area contributed by atoms with Gasteiger partial charge in [-0.3, -0.25) is 4.57 Å². The molecule has 1 heterocycles. The maximum Gasteiger partial charge on any atom is 0.325 e. The molecule has 0 bridgehead atoms. The molecular weight excluding hydrogens is 164 g/mol. The molecule has 0 aromatic carbocycles. The number of nitrogens with one attached hydrogen (secondary N) is 1. The van der Waals surface area contributed by atoms with Crippen LogP contribution in [0.1, 0.15) is 32.6 Å². The second kappa shape index (κ2) is 3.05. The molecule has 0 saturated heterocycles. The van der Waals surface area contributed by atoms with Crippen molar-refractivity contribution in [2.75, 3.05) is 0 Å². The highest BCUT2D eigenvalue weighted by Gasteiger charge is 2.41. The molecule has 1 N–H and O–H groups in total. The Balaban J connectivity index is 2.06. The number of rotatable bonds is 4. The Labute approximate surface area is 77.8 Å². The summed E-state index contributed by atoms with van der Waals surface area (Å²) in [5.41, 5.74) is 0.489. The molecule has 0 aliphatic heterocycles. The summed E-state index contributed by atoms with van der Waals surface area (Å²) in [5.74, 6) is 0. The van der Waals surface area contributed by atoms with Crippen LogP contribution in [0.2, 0.25) is 0 Å². The van der Waals surface area contributed by atoms with E-state index in [1.165, 1.54) is 25.7 Å². The van der Waals surface area contributed by atoms with Gasteiger partial charge in [-0.15, -0.1) is 0 Å². The number of aromatic amines is 1. The first-order valence-corrected chi connectivity index (χ1v) is 5.00. The predicted octanol–water partition coefficient (Wildman–Crippen LogP) is 1.76. The number of nitrogens with zero attached hydrogens (tertiary/aromatic N) is 1. The van der Waals surface area contributed by atoms with Gasteiger partial charge < -0.3 is 4.98 Å². The lowest BCUT2D eigenvalue weighted by atomic mass is 10.0. The molecule has 0 amide bonds. The highest BCUT2D eigenvalue weighted by atomic mass is 16.1. The first-order valence-electron chi connectivity index (χ1n) is 5.00. The zero-order valence-corrected chi connectivity index (χ0v) is 8.05. The molecule has 1 aromatic rings. The van der Waals surface area contributed by atoms with E-state index in [4.69, 9.17) is 0 Å². The smallest absolute Gasteiger partial charge is 0.313 e. The SMILES string of the molecule is CCCC1(Cn2cc[nH]c2=O)CC1. The summed E-state index contributed by atoms with van der Waals surface area (Å²) < 4.78 is 1.79. The van der Waals surface area contributed by atoms with Crippen molar-refractivity contribution < 1.29 is 0 Å². The van der Waals surface area contributed by atoms with Crippen molar-refractivity contribution in [2.45, 2.75) is 39.2 Å². The minimum atomic E-state index is 0.0300. The molecule has 0 atom stereocenters. The number of aromatic nitrogens is 2. The maximum absolute atomic E-state index is 11.2. The Bertz CT molecular complexity index is 333. The minimum Gasteiger partial charge on any atom is -0.313 e. The van der Waals surface area contributed by atoms with Crippen LogP contribution in [0.25, 0.3) is 0 Å². The highest BCUT2D eigenvalue weighted by molar-refractivity contribution is 4.94. The monoisotopic (exact) mass is 180 g/mol. The third kappa shape index (κ3) is 1.69. The molecule has 72 valence electrons. The third-order valence-corrected chi connectivity index (χ3v) is 2.97. The Hall–Kier alpha value is -0.990. The maximum atomic E-state index is 11.2. The molecular formula is C10H16N2O. The summed E-state index contributed by atoms with van der Waals surface area (Å²) in [7, 11) is 0. The molecule has 1 fully saturated rings. The fourth-order valence-corrected chi connectivity index (χ4v) is 2.03. The zero-order valence-electron chi connectivity index (χ0n) is 8.05. The molecule has 1 aliphatic carbocycles. The topological polar surface area (TPSA) is 37.8 Å². The van der Waals surface area contributed by atoms with Crippen LogP contribution in [0.3, 0.4) is 0 Å². The van der Waals surface area contributed by atoms with Crippen molar-refractivity contribution in [3.05, 3.63) is 22.9 Å². The summed E-state index contributed by atoms with van der Waals surface area (Å²) in [5, 5.41) is 0. The molecule has 13 heavy (non-hydrogen) atoms. The van der Waals surface area contributed by atoms with Gasteiger partial charge in [0, 0.05) is 18.9 Å².